The van der Waals surface area contributed by atoms with Gasteiger partial charge in [0.05, 0.1) is 0 Å². The summed E-state index contributed by atoms with van der Waals surface area (Å²) in [5.41, 5.74) is 2.77. The van der Waals surface area contributed by atoms with Crippen molar-refractivity contribution in [3.05, 3.63) is 33.8 Å². The van der Waals surface area contributed by atoms with Crippen LogP contribution in [0, 0.1) is 0 Å². The van der Waals surface area contributed by atoms with Crippen LogP contribution in [0.5, 0.6) is 0 Å². The molecular formula is C15H22BrNO. The first kappa shape index (κ1) is 14.0. The Labute approximate surface area is 118 Å². The highest BCUT2D eigenvalue weighted by Crippen LogP contribution is 2.33. The monoisotopic (exact) mass is 311 g/mol. The van der Waals surface area contributed by atoms with Gasteiger partial charge >= 0.3 is 0 Å². The molecule has 2 rings (SSSR count). The summed E-state index contributed by atoms with van der Waals surface area (Å²) < 4.78 is 1.24. The fourth-order valence-electron chi connectivity index (χ4n) is 2.66. The van der Waals surface area contributed by atoms with Crippen LogP contribution in [-0.2, 0) is 6.42 Å². The number of likely N-dealkylation sites (tertiary alicyclic amines) is 1. The highest BCUT2D eigenvalue weighted by atomic mass is 79.9. The molecule has 1 heterocycles. The lowest BCUT2D eigenvalue weighted by molar-refractivity contribution is 0.255. The molecule has 1 aromatic carbocycles. The Morgan fingerprint density at radius 3 is 2.67 bits per heavy atom. The number of hydrogen-bond donors (Lipinski definition) is 1. The van der Waals surface area contributed by atoms with Gasteiger partial charge in [-0.15, -0.1) is 0 Å². The number of aliphatic hydroxyl groups excluding tert-OH is 1. The van der Waals surface area contributed by atoms with Gasteiger partial charge in [0.25, 0.3) is 0 Å². The molecule has 0 amide bonds. The highest BCUT2D eigenvalue weighted by Gasteiger charge is 2.20. The molecular weight excluding hydrogens is 290 g/mol. The van der Waals surface area contributed by atoms with Gasteiger partial charge in [-0.05, 0) is 68.9 Å². The minimum absolute atomic E-state index is 0.272. The molecule has 100 valence electrons. The van der Waals surface area contributed by atoms with E-state index in [1.165, 1.54) is 41.5 Å². The molecule has 1 saturated heterocycles. The third-order valence-electron chi connectivity index (χ3n) is 3.85. The molecule has 1 aromatic rings. The summed E-state index contributed by atoms with van der Waals surface area (Å²) in [6.07, 6.45) is 4.32. The third-order valence-corrected chi connectivity index (χ3v) is 4.53. The number of benzene rings is 1. The van der Waals surface area contributed by atoms with Gasteiger partial charge < -0.3 is 10.0 Å². The summed E-state index contributed by atoms with van der Waals surface area (Å²) >= 11 is 3.71. The summed E-state index contributed by atoms with van der Waals surface area (Å²) in [5, 5.41) is 8.86. The van der Waals surface area contributed by atoms with E-state index >= 15 is 0 Å². The minimum atomic E-state index is 0.272. The molecule has 18 heavy (non-hydrogen) atoms. The molecule has 0 atom stereocenters. The maximum Gasteiger partial charge on any atom is 0.0434 e. The van der Waals surface area contributed by atoms with E-state index in [2.05, 4.69) is 46.1 Å². The van der Waals surface area contributed by atoms with Gasteiger partial charge in [0.15, 0.2) is 0 Å². The molecule has 0 aliphatic carbocycles. The second-order valence-corrected chi connectivity index (χ2v) is 6.11. The van der Waals surface area contributed by atoms with Crippen molar-refractivity contribution in [2.75, 3.05) is 26.7 Å². The average Bonchev–Trinajstić information content (AvgIpc) is 2.38. The Bertz CT molecular complexity index is 386. The maximum atomic E-state index is 8.86. The van der Waals surface area contributed by atoms with Crippen LogP contribution in [0.15, 0.2) is 22.7 Å². The van der Waals surface area contributed by atoms with E-state index in [0.29, 0.717) is 5.92 Å². The lowest BCUT2D eigenvalue weighted by atomic mass is 9.89. The Morgan fingerprint density at radius 2 is 2.06 bits per heavy atom. The van der Waals surface area contributed by atoms with Crippen molar-refractivity contribution >= 4 is 15.9 Å². The van der Waals surface area contributed by atoms with E-state index in [-0.39, 0.29) is 6.61 Å². The Balaban J connectivity index is 2.05. The summed E-state index contributed by atoms with van der Waals surface area (Å²) in [4.78, 5) is 2.40. The number of rotatable bonds is 4. The highest BCUT2D eigenvalue weighted by molar-refractivity contribution is 9.10. The third kappa shape index (κ3) is 3.56. The van der Waals surface area contributed by atoms with Gasteiger partial charge in [-0.1, -0.05) is 28.1 Å². The number of nitrogens with zero attached hydrogens (tertiary/aromatic N) is 1. The second-order valence-electron chi connectivity index (χ2n) is 5.26. The number of piperidine rings is 1. The molecule has 1 fully saturated rings. The van der Waals surface area contributed by atoms with Crippen LogP contribution in [0.4, 0.5) is 0 Å². The van der Waals surface area contributed by atoms with Crippen molar-refractivity contribution < 1.29 is 5.11 Å². The summed E-state index contributed by atoms with van der Waals surface area (Å²) in [6.45, 7) is 2.67. The smallest absolute Gasteiger partial charge is 0.0434 e. The molecule has 0 radical (unpaired) electrons. The zero-order valence-corrected chi connectivity index (χ0v) is 12.6. The van der Waals surface area contributed by atoms with Gasteiger partial charge in [-0.3, -0.25) is 0 Å². The van der Waals surface area contributed by atoms with E-state index in [4.69, 9.17) is 5.11 Å². The van der Waals surface area contributed by atoms with Crippen molar-refractivity contribution in [1.82, 2.24) is 4.90 Å². The first-order chi connectivity index (χ1) is 8.70. The largest absolute Gasteiger partial charge is 0.396 e. The van der Waals surface area contributed by atoms with Crippen molar-refractivity contribution in [3.8, 4) is 0 Å². The molecule has 0 aromatic heterocycles. The topological polar surface area (TPSA) is 23.5 Å². The summed E-state index contributed by atoms with van der Waals surface area (Å²) in [7, 11) is 2.20. The van der Waals surface area contributed by atoms with Gasteiger partial charge in [0, 0.05) is 11.1 Å². The molecule has 0 saturated carbocycles. The molecule has 0 spiro atoms. The zero-order valence-electron chi connectivity index (χ0n) is 11.0. The minimum Gasteiger partial charge on any atom is -0.396 e. The predicted molar refractivity (Wildman–Crippen MR) is 79.0 cm³/mol. The van der Waals surface area contributed by atoms with Crippen LogP contribution in [0.3, 0.4) is 0 Å². The second kappa shape index (κ2) is 6.69. The first-order valence-corrected chi connectivity index (χ1v) is 7.57. The molecule has 1 aliphatic rings. The van der Waals surface area contributed by atoms with E-state index in [1.807, 2.05) is 0 Å². The van der Waals surface area contributed by atoms with Crippen molar-refractivity contribution in [2.45, 2.75) is 31.6 Å². The fourth-order valence-corrected chi connectivity index (χ4v) is 3.41. The lowest BCUT2D eigenvalue weighted by Crippen LogP contribution is -2.29. The SMILES string of the molecule is CN1CCC(c2ccc(CCCO)cc2Br)CC1. The first-order valence-electron chi connectivity index (χ1n) is 6.78. The predicted octanol–water partition coefficient (Wildman–Crippen LogP) is 3.18. The Hall–Kier alpha value is -0.380. The average molecular weight is 312 g/mol. The lowest BCUT2D eigenvalue weighted by Gasteiger charge is -2.29. The molecule has 2 nitrogen and oxygen atoms in total. The van der Waals surface area contributed by atoms with E-state index in [0.717, 1.165) is 12.8 Å². The Kier molecular flexibility index (Phi) is 5.22. The van der Waals surface area contributed by atoms with Crippen LogP contribution in [0.1, 0.15) is 36.3 Å². The van der Waals surface area contributed by atoms with Crippen LogP contribution in [0.2, 0.25) is 0 Å². The molecule has 3 heteroatoms. The van der Waals surface area contributed by atoms with Gasteiger partial charge in [0.1, 0.15) is 0 Å². The quantitative estimate of drug-likeness (QED) is 0.923. The number of hydrogen-bond acceptors (Lipinski definition) is 2. The molecule has 1 N–H and O–H groups in total. The standard InChI is InChI=1S/C15H22BrNO/c1-17-8-6-13(7-9-17)14-5-4-12(3-2-10-18)11-15(14)16/h4-5,11,13,18H,2-3,6-10H2,1H3. The number of halogens is 1. The van der Waals surface area contributed by atoms with Crippen LogP contribution in [-0.4, -0.2) is 36.8 Å². The van der Waals surface area contributed by atoms with Crippen molar-refractivity contribution in [2.24, 2.45) is 0 Å². The fraction of sp³-hybridized carbons (Fsp3) is 0.600. The molecule has 0 bridgehead atoms. The zero-order chi connectivity index (χ0) is 13.0. The summed E-state index contributed by atoms with van der Waals surface area (Å²) in [6, 6.07) is 6.71. The van der Waals surface area contributed by atoms with E-state index in [9.17, 15) is 0 Å². The van der Waals surface area contributed by atoms with Gasteiger partial charge in [-0.25, -0.2) is 0 Å². The number of aliphatic hydroxyl groups is 1. The van der Waals surface area contributed by atoms with Crippen LogP contribution < -0.4 is 0 Å². The van der Waals surface area contributed by atoms with Crippen molar-refractivity contribution in [1.29, 1.82) is 0 Å². The normalized spacial score (nSPS) is 18.2. The molecule has 0 unspecified atom stereocenters. The van der Waals surface area contributed by atoms with Crippen LogP contribution in [0.25, 0.3) is 0 Å². The van der Waals surface area contributed by atoms with E-state index in [1.54, 1.807) is 0 Å². The van der Waals surface area contributed by atoms with Gasteiger partial charge in [-0.2, -0.15) is 0 Å². The maximum absolute atomic E-state index is 8.86. The Morgan fingerprint density at radius 1 is 1.33 bits per heavy atom. The van der Waals surface area contributed by atoms with Crippen molar-refractivity contribution in [3.63, 3.8) is 0 Å². The molecule has 1 aliphatic heterocycles. The van der Waals surface area contributed by atoms with Crippen LogP contribution >= 0.6 is 15.9 Å². The van der Waals surface area contributed by atoms with E-state index < -0.39 is 0 Å². The number of aryl methyl sites for hydroxylation is 1. The summed E-state index contributed by atoms with van der Waals surface area (Å²) in [5.74, 6) is 0.697. The van der Waals surface area contributed by atoms with Gasteiger partial charge in [0.2, 0.25) is 0 Å².